The van der Waals surface area contributed by atoms with Gasteiger partial charge in [-0.1, -0.05) is 26.2 Å². The lowest BCUT2D eigenvalue weighted by molar-refractivity contribution is 0.277. The van der Waals surface area contributed by atoms with Gasteiger partial charge in [0.25, 0.3) is 0 Å². The SMILES string of the molecule is CCC1CCCC(NCc2cnc(C)cn2)C1. The summed E-state index contributed by atoms with van der Waals surface area (Å²) in [5.41, 5.74) is 2.03. The number of aromatic nitrogens is 2. The van der Waals surface area contributed by atoms with Crippen LogP contribution in [0.25, 0.3) is 0 Å². The van der Waals surface area contributed by atoms with Crippen molar-refractivity contribution in [3.63, 3.8) is 0 Å². The van der Waals surface area contributed by atoms with E-state index in [9.17, 15) is 0 Å². The quantitative estimate of drug-likeness (QED) is 0.869. The third kappa shape index (κ3) is 3.77. The van der Waals surface area contributed by atoms with Gasteiger partial charge >= 0.3 is 0 Å². The van der Waals surface area contributed by atoms with Crippen LogP contribution in [-0.4, -0.2) is 16.0 Å². The Labute approximate surface area is 104 Å². The Balaban J connectivity index is 1.79. The van der Waals surface area contributed by atoms with Crippen LogP contribution in [0.2, 0.25) is 0 Å². The Morgan fingerprint density at radius 1 is 1.29 bits per heavy atom. The molecule has 2 rings (SSSR count). The van der Waals surface area contributed by atoms with Crippen LogP contribution in [0.15, 0.2) is 12.4 Å². The van der Waals surface area contributed by atoms with Gasteiger partial charge in [0.1, 0.15) is 0 Å². The predicted octanol–water partition coefficient (Wildman–Crippen LogP) is 2.84. The van der Waals surface area contributed by atoms with Gasteiger partial charge in [-0.2, -0.15) is 0 Å². The molecule has 94 valence electrons. The van der Waals surface area contributed by atoms with Gasteiger partial charge in [0.2, 0.25) is 0 Å². The zero-order valence-corrected chi connectivity index (χ0v) is 10.9. The Hall–Kier alpha value is -0.960. The van der Waals surface area contributed by atoms with Gasteiger partial charge in [-0.3, -0.25) is 9.97 Å². The third-order valence-electron chi connectivity index (χ3n) is 3.77. The standard InChI is InChI=1S/C14H23N3/c1-3-12-5-4-6-13(7-12)17-10-14-9-15-11(2)8-16-14/h8-9,12-13,17H,3-7,10H2,1-2H3. The largest absolute Gasteiger partial charge is 0.308 e. The molecule has 1 fully saturated rings. The van der Waals surface area contributed by atoms with Crippen LogP contribution in [0.3, 0.4) is 0 Å². The zero-order chi connectivity index (χ0) is 12.1. The molecule has 1 heterocycles. The van der Waals surface area contributed by atoms with E-state index >= 15 is 0 Å². The Bertz CT molecular complexity index is 334. The van der Waals surface area contributed by atoms with Crippen molar-refractivity contribution in [3.05, 3.63) is 23.8 Å². The highest BCUT2D eigenvalue weighted by Crippen LogP contribution is 2.26. The molecule has 1 aromatic heterocycles. The number of nitrogens with one attached hydrogen (secondary N) is 1. The maximum Gasteiger partial charge on any atom is 0.0724 e. The van der Waals surface area contributed by atoms with Crippen LogP contribution in [-0.2, 0) is 6.54 Å². The molecule has 0 saturated heterocycles. The van der Waals surface area contributed by atoms with E-state index in [0.29, 0.717) is 6.04 Å². The molecular formula is C14H23N3. The molecule has 0 aromatic carbocycles. The summed E-state index contributed by atoms with van der Waals surface area (Å²) in [7, 11) is 0. The van der Waals surface area contributed by atoms with Crippen LogP contribution < -0.4 is 5.32 Å². The van der Waals surface area contributed by atoms with Crippen molar-refractivity contribution >= 4 is 0 Å². The molecule has 1 saturated carbocycles. The van der Waals surface area contributed by atoms with E-state index in [1.807, 2.05) is 19.3 Å². The van der Waals surface area contributed by atoms with Crippen LogP contribution in [0, 0.1) is 12.8 Å². The number of hydrogen-bond acceptors (Lipinski definition) is 3. The topological polar surface area (TPSA) is 37.8 Å². The Morgan fingerprint density at radius 2 is 2.18 bits per heavy atom. The minimum absolute atomic E-state index is 0.678. The number of nitrogens with zero attached hydrogens (tertiary/aromatic N) is 2. The molecule has 0 spiro atoms. The van der Waals surface area contributed by atoms with Crippen LogP contribution >= 0.6 is 0 Å². The molecule has 1 N–H and O–H groups in total. The molecule has 1 aliphatic rings. The van der Waals surface area contributed by atoms with Gasteiger partial charge in [-0.05, 0) is 25.7 Å². The Morgan fingerprint density at radius 3 is 2.88 bits per heavy atom. The predicted molar refractivity (Wildman–Crippen MR) is 69.6 cm³/mol. The van der Waals surface area contributed by atoms with E-state index in [-0.39, 0.29) is 0 Å². The summed E-state index contributed by atoms with van der Waals surface area (Å²) < 4.78 is 0. The summed E-state index contributed by atoms with van der Waals surface area (Å²) in [6, 6.07) is 0.678. The Kier molecular flexibility index (Phi) is 4.49. The summed E-state index contributed by atoms with van der Waals surface area (Å²) in [5, 5.41) is 3.62. The van der Waals surface area contributed by atoms with E-state index in [4.69, 9.17) is 0 Å². The first-order valence-corrected chi connectivity index (χ1v) is 6.79. The fourth-order valence-corrected chi connectivity index (χ4v) is 2.61. The maximum atomic E-state index is 4.38. The fraction of sp³-hybridized carbons (Fsp3) is 0.714. The lowest BCUT2D eigenvalue weighted by Gasteiger charge is -2.29. The summed E-state index contributed by atoms with van der Waals surface area (Å²) >= 11 is 0. The van der Waals surface area contributed by atoms with E-state index in [0.717, 1.165) is 23.9 Å². The molecule has 0 aliphatic heterocycles. The highest BCUT2D eigenvalue weighted by Gasteiger charge is 2.20. The first kappa shape index (κ1) is 12.5. The van der Waals surface area contributed by atoms with E-state index in [1.165, 1.54) is 32.1 Å². The molecule has 0 radical (unpaired) electrons. The number of rotatable bonds is 4. The van der Waals surface area contributed by atoms with Crippen LogP contribution in [0.1, 0.15) is 50.4 Å². The van der Waals surface area contributed by atoms with Gasteiger partial charge in [0.05, 0.1) is 11.4 Å². The summed E-state index contributed by atoms with van der Waals surface area (Å²) in [4.78, 5) is 8.65. The smallest absolute Gasteiger partial charge is 0.0724 e. The molecule has 3 heteroatoms. The summed E-state index contributed by atoms with van der Waals surface area (Å²) in [5.74, 6) is 0.922. The average Bonchev–Trinajstić information content (AvgIpc) is 2.38. The van der Waals surface area contributed by atoms with E-state index in [2.05, 4.69) is 22.2 Å². The van der Waals surface area contributed by atoms with Crippen molar-refractivity contribution in [2.45, 2.75) is 58.5 Å². The molecule has 1 aliphatic carbocycles. The zero-order valence-electron chi connectivity index (χ0n) is 10.9. The highest BCUT2D eigenvalue weighted by molar-refractivity contribution is 5.00. The van der Waals surface area contributed by atoms with Gasteiger partial charge in [-0.15, -0.1) is 0 Å². The van der Waals surface area contributed by atoms with E-state index in [1.54, 1.807) is 0 Å². The molecule has 3 nitrogen and oxygen atoms in total. The van der Waals surface area contributed by atoms with Crippen molar-refractivity contribution in [2.24, 2.45) is 5.92 Å². The lowest BCUT2D eigenvalue weighted by atomic mass is 9.84. The minimum Gasteiger partial charge on any atom is -0.308 e. The lowest BCUT2D eigenvalue weighted by Crippen LogP contribution is -2.33. The van der Waals surface area contributed by atoms with Crippen molar-refractivity contribution < 1.29 is 0 Å². The van der Waals surface area contributed by atoms with Crippen LogP contribution in [0.5, 0.6) is 0 Å². The monoisotopic (exact) mass is 233 g/mol. The van der Waals surface area contributed by atoms with Gasteiger partial charge in [0.15, 0.2) is 0 Å². The summed E-state index contributed by atoms with van der Waals surface area (Å²) in [6.45, 7) is 5.13. The van der Waals surface area contributed by atoms with Crippen molar-refractivity contribution in [1.29, 1.82) is 0 Å². The highest BCUT2D eigenvalue weighted by atomic mass is 14.9. The molecule has 0 amide bonds. The molecule has 17 heavy (non-hydrogen) atoms. The number of aryl methyl sites for hydroxylation is 1. The normalized spacial score (nSPS) is 24.8. The molecule has 1 aromatic rings. The first-order valence-electron chi connectivity index (χ1n) is 6.79. The van der Waals surface area contributed by atoms with Crippen molar-refractivity contribution in [2.75, 3.05) is 0 Å². The van der Waals surface area contributed by atoms with Crippen molar-refractivity contribution in [3.8, 4) is 0 Å². The van der Waals surface area contributed by atoms with Crippen molar-refractivity contribution in [1.82, 2.24) is 15.3 Å². The summed E-state index contributed by atoms with van der Waals surface area (Å²) in [6.07, 6.45) is 10.5. The maximum absolute atomic E-state index is 4.38. The first-order chi connectivity index (χ1) is 8.28. The second-order valence-corrected chi connectivity index (χ2v) is 5.17. The van der Waals surface area contributed by atoms with Crippen LogP contribution in [0.4, 0.5) is 0 Å². The second kappa shape index (κ2) is 6.10. The van der Waals surface area contributed by atoms with Gasteiger partial charge in [0, 0.05) is 25.0 Å². The van der Waals surface area contributed by atoms with Gasteiger partial charge in [-0.25, -0.2) is 0 Å². The average molecular weight is 233 g/mol. The molecule has 2 atom stereocenters. The second-order valence-electron chi connectivity index (χ2n) is 5.17. The van der Waals surface area contributed by atoms with E-state index < -0.39 is 0 Å². The number of hydrogen-bond donors (Lipinski definition) is 1. The molecule has 2 unspecified atom stereocenters. The fourth-order valence-electron chi connectivity index (χ4n) is 2.61. The van der Waals surface area contributed by atoms with Gasteiger partial charge < -0.3 is 5.32 Å². The molecule has 0 bridgehead atoms. The minimum atomic E-state index is 0.678. The third-order valence-corrected chi connectivity index (χ3v) is 3.77. The molecular weight excluding hydrogens is 210 g/mol.